The number of carbonyl (C=O) groups excluding carboxylic acids is 1. The Labute approximate surface area is 157 Å². The van der Waals surface area contributed by atoms with Crippen molar-refractivity contribution in [3.05, 3.63) is 38.9 Å². The molecule has 4 fully saturated rings. The molecule has 2 aliphatic carbocycles. The normalized spacial score (nSPS) is 30.0. The van der Waals surface area contributed by atoms with Crippen LogP contribution in [0.25, 0.3) is 10.9 Å². The molecule has 2 saturated heterocycles. The van der Waals surface area contributed by atoms with E-state index < -0.39 is 0 Å². The lowest BCUT2D eigenvalue weighted by atomic mass is 9.68. The number of aromatic amines is 1. The summed E-state index contributed by atoms with van der Waals surface area (Å²) in [7, 11) is 1.66. The van der Waals surface area contributed by atoms with Crippen molar-refractivity contribution in [3.63, 3.8) is 0 Å². The van der Waals surface area contributed by atoms with Gasteiger partial charge in [-0.15, -0.1) is 0 Å². The van der Waals surface area contributed by atoms with E-state index in [1.165, 1.54) is 23.8 Å². The first-order chi connectivity index (χ1) is 12.5. The van der Waals surface area contributed by atoms with Crippen LogP contribution in [0.5, 0.6) is 0 Å². The highest BCUT2D eigenvalue weighted by Gasteiger charge is 2.44. The van der Waals surface area contributed by atoms with Gasteiger partial charge in [0.25, 0.3) is 11.5 Å². The van der Waals surface area contributed by atoms with Crippen LogP contribution in [0, 0.1) is 22.5 Å². The van der Waals surface area contributed by atoms with Gasteiger partial charge in [-0.25, -0.2) is 0 Å². The van der Waals surface area contributed by atoms with Crippen molar-refractivity contribution < 1.29 is 4.79 Å². The lowest BCUT2D eigenvalue weighted by Gasteiger charge is -2.39. The zero-order valence-electron chi connectivity index (χ0n) is 14.9. The van der Waals surface area contributed by atoms with Gasteiger partial charge in [-0.3, -0.25) is 14.2 Å². The highest BCUT2D eigenvalue weighted by molar-refractivity contribution is 7.71. The second-order valence-electron chi connectivity index (χ2n) is 8.44. The topological polar surface area (TPSA) is 58.1 Å². The first-order valence-electron chi connectivity index (χ1n) is 9.53. The summed E-state index contributed by atoms with van der Waals surface area (Å²) in [6, 6.07) is 5.72. The van der Waals surface area contributed by atoms with E-state index in [-0.39, 0.29) is 11.5 Å². The Morgan fingerprint density at radius 2 is 1.81 bits per heavy atom. The molecule has 2 saturated carbocycles. The van der Waals surface area contributed by atoms with Gasteiger partial charge in [0.05, 0.1) is 10.9 Å². The lowest BCUT2D eigenvalue weighted by molar-refractivity contribution is 0.0633. The highest BCUT2D eigenvalue weighted by Crippen LogP contribution is 2.47. The number of aromatic nitrogens is 2. The van der Waals surface area contributed by atoms with Crippen LogP contribution >= 0.6 is 12.2 Å². The molecule has 4 aliphatic rings. The Balaban J connectivity index is 1.53. The molecule has 5 nitrogen and oxygen atoms in total. The minimum absolute atomic E-state index is 0.102. The molecule has 2 atom stereocenters. The fourth-order valence-electron chi connectivity index (χ4n) is 5.64. The van der Waals surface area contributed by atoms with Crippen molar-refractivity contribution in [2.45, 2.75) is 38.1 Å². The number of rotatable bonds is 1. The van der Waals surface area contributed by atoms with E-state index >= 15 is 0 Å². The third-order valence-electron chi connectivity index (χ3n) is 6.72. The van der Waals surface area contributed by atoms with Crippen molar-refractivity contribution >= 4 is 29.0 Å². The zero-order valence-corrected chi connectivity index (χ0v) is 15.7. The molecule has 136 valence electrons. The molecule has 26 heavy (non-hydrogen) atoms. The van der Waals surface area contributed by atoms with Crippen LogP contribution in [0.1, 0.15) is 42.5 Å². The largest absolute Gasteiger partial charge is 0.335 e. The third-order valence-corrected chi connectivity index (χ3v) is 7.09. The van der Waals surface area contributed by atoms with Gasteiger partial charge in [-0.2, -0.15) is 0 Å². The molecule has 2 aromatic rings. The van der Waals surface area contributed by atoms with Gasteiger partial charge in [0.2, 0.25) is 0 Å². The van der Waals surface area contributed by atoms with Gasteiger partial charge < -0.3 is 9.88 Å². The van der Waals surface area contributed by atoms with Crippen molar-refractivity contribution in [1.29, 1.82) is 0 Å². The Morgan fingerprint density at radius 3 is 2.54 bits per heavy atom. The standard InChI is InChI=1S/C20H23N3O2S/c1-22-19(25)16-3-2-14(9-17(16)21-20(22)26)18(24)23-10-13-5-11-4-12(6-13)8-15(23)7-11/h2-3,9,11-13,15H,4-8,10H2,1H3,(H,21,26). The quantitative estimate of drug-likeness (QED) is 0.785. The fourth-order valence-corrected chi connectivity index (χ4v) is 5.83. The van der Waals surface area contributed by atoms with Crippen LogP contribution in [0.15, 0.2) is 23.0 Å². The summed E-state index contributed by atoms with van der Waals surface area (Å²) >= 11 is 5.21. The Hall–Kier alpha value is -1.95. The number of hydrogen-bond donors (Lipinski definition) is 1. The van der Waals surface area contributed by atoms with E-state index in [9.17, 15) is 9.59 Å². The van der Waals surface area contributed by atoms with Gasteiger partial charge in [-0.05, 0) is 80.3 Å². The van der Waals surface area contributed by atoms with E-state index in [1.807, 2.05) is 0 Å². The predicted molar refractivity (Wildman–Crippen MR) is 103 cm³/mol. The number of carbonyl (C=O) groups is 1. The van der Waals surface area contributed by atoms with Gasteiger partial charge in [0, 0.05) is 25.2 Å². The fraction of sp³-hybridized carbons (Fsp3) is 0.550. The highest BCUT2D eigenvalue weighted by atomic mass is 32.1. The Bertz CT molecular complexity index is 1010. The van der Waals surface area contributed by atoms with Gasteiger partial charge in [0.15, 0.2) is 4.77 Å². The number of amides is 1. The molecule has 2 aliphatic heterocycles. The minimum Gasteiger partial charge on any atom is -0.335 e. The predicted octanol–water partition coefficient (Wildman–Crippen LogP) is 3.25. The molecule has 1 amide bonds. The average molecular weight is 369 g/mol. The van der Waals surface area contributed by atoms with E-state index in [0.29, 0.717) is 33.2 Å². The number of H-pyrrole nitrogens is 1. The summed E-state index contributed by atoms with van der Waals surface area (Å²) < 4.78 is 1.79. The number of benzene rings is 1. The molecule has 2 unspecified atom stereocenters. The molecule has 6 rings (SSSR count). The SMILES string of the molecule is Cn1c(=S)[nH]c2cc(C(=O)N3CC4CC5CC(C4)CC3C5)ccc2c1=O. The summed E-state index contributed by atoms with van der Waals surface area (Å²) in [6.07, 6.45) is 6.27. The van der Waals surface area contributed by atoms with Crippen LogP contribution in [0.3, 0.4) is 0 Å². The lowest BCUT2D eigenvalue weighted by Crippen LogP contribution is -2.42. The monoisotopic (exact) mass is 369 g/mol. The maximum absolute atomic E-state index is 13.3. The van der Waals surface area contributed by atoms with Crippen molar-refractivity contribution in [2.75, 3.05) is 6.54 Å². The number of hydrogen-bond acceptors (Lipinski definition) is 3. The average Bonchev–Trinajstić information content (AvgIpc) is 2.82. The second-order valence-corrected chi connectivity index (χ2v) is 8.83. The Kier molecular flexibility index (Phi) is 3.61. The first-order valence-corrected chi connectivity index (χ1v) is 9.94. The van der Waals surface area contributed by atoms with Crippen LogP contribution in [-0.4, -0.2) is 32.9 Å². The maximum Gasteiger partial charge on any atom is 0.261 e. The number of nitrogens with zero attached hydrogens (tertiary/aromatic N) is 2. The second kappa shape index (κ2) is 5.78. The van der Waals surface area contributed by atoms with E-state index in [4.69, 9.17) is 12.2 Å². The van der Waals surface area contributed by atoms with Crippen molar-refractivity contribution in [3.8, 4) is 0 Å². The molecule has 4 bridgehead atoms. The maximum atomic E-state index is 13.3. The number of nitrogens with one attached hydrogen (secondary N) is 1. The molecular formula is C20H23N3O2S. The molecule has 6 heteroatoms. The van der Waals surface area contributed by atoms with E-state index in [1.54, 1.807) is 25.2 Å². The van der Waals surface area contributed by atoms with E-state index in [2.05, 4.69) is 9.88 Å². The molecular weight excluding hydrogens is 346 g/mol. The summed E-state index contributed by atoms with van der Waals surface area (Å²) in [4.78, 5) is 30.9. The smallest absolute Gasteiger partial charge is 0.261 e. The third kappa shape index (κ3) is 2.46. The number of fused-ring (bicyclic) bond motifs is 2. The van der Waals surface area contributed by atoms with Gasteiger partial charge in [0.1, 0.15) is 0 Å². The summed E-state index contributed by atoms with van der Waals surface area (Å²) in [6.45, 7) is 0.890. The Morgan fingerprint density at radius 1 is 1.12 bits per heavy atom. The summed E-state index contributed by atoms with van der Waals surface area (Å²) in [5, 5.41) is 0.563. The van der Waals surface area contributed by atoms with Crippen molar-refractivity contribution in [1.82, 2.24) is 14.5 Å². The van der Waals surface area contributed by atoms with E-state index in [0.717, 1.165) is 31.2 Å². The molecule has 1 aromatic carbocycles. The minimum atomic E-state index is -0.131. The molecule has 0 spiro atoms. The summed E-state index contributed by atoms with van der Waals surface area (Å²) in [5.41, 5.74) is 1.16. The zero-order chi connectivity index (χ0) is 18.0. The van der Waals surface area contributed by atoms with Crippen LogP contribution in [-0.2, 0) is 7.05 Å². The summed E-state index contributed by atoms with van der Waals surface area (Å²) in [5.74, 6) is 2.39. The van der Waals surface area contributed by atoms with Gasteiger partial charge in [-0.1, -0.05) is 0 Å². The molecule has 3 heterocycles. The van der Waals surface area contributed by atoms with Crippen LogP contribution in [0.2, 0.25) is 0 Å². The molecule has 1 N–H and O–H groups in total. The molecule has 1 aromatic heterocycles. The first kappa shape index (κ1) is 16.2. The van der Waals surface area contributed by atoms with Gasteiger partial charge >= 0.3 is 0 Å². The van der Waals surface area contributed by atoms with Crippen molar-refractivity contribution in [2.24, 2.45) is 24.8 Å². The van der Waals surface area contributed by atoms with Crippen LogP contribution in [0.4, 0.5) is 0 Å². The van der Waals surface area contributed by atoms with Crippen LogP contribution < -0.4 is 5.56 Å². The molecule has 0 radical (unpaired) electrons.